The summed E-state index contributed by atoms with van der Waals surface area (Å²) in [6.07, 6.45) is 1.37. The molecule has 144 valence electrons. The van der Waals surface area contributed by atoms with Crippen LogP contribution >= 0.6 is 0 Å². The Hall–Kier alpha value is -2.20. The average molecular weight is 360 g/mol. The molecule has 0 rings (SSSR count). The number of carbonyl (C=O) groups is 4. The van der Waals surface area contributed by atoms with Crippen molar-refractivity contribution >= 4 is 23.6 Å². The van der Waals surface area contributed by atoms with Crippen molar-refractivity contribution < 1.29 is 28.7 Å². The van der Waals surface area contributed by atoms with E-state index in [0.29, 0.717) is 26.1 Å². The first-order valence-electron chi connectivity index (χ1n) is 8.15. The van der Waals surface area contributed by atoms with Gasteiger partial charge in [0, 0.05) is 26.7 Å². The van der Waals surface area contributed by atoms with Crippen molar-refractivity contribution in [3.63, 3.8) is 0 Å². The second-order valence-corrected chi connectivity index (χ2v) is 5.06. The van der Waals surface area contributed by atoms with Crippen LogP contribution in [0.25, 0.3) is 0 Å². The third kappa shape index (κ3) is 15.1. The van der Waals surface area contributed by atoms with Crippen molar-refractivity contribution in [2.75, 3.05) is 53.1 Å². The van der Waals surface area contributed by atoms with E-state index in [1.165, 1.54) is 7.05 Å². The smallest absolute Gasteiger partial charge is 0.246 e. The monoisotopic (exact) mass is 360 g/mol. The van der Waals surface area contributed by atoms with E-state index >= 15 is 0 Å². The minimum absolute atomic E-state index is 0.153. The Labute approximate surface area is 147 Å². The Morgan fingerprint density at radius 2 is 1.08 bits per heavy atom. The highest BCUT2D eigenvalue weighted by Crippen LogP contribution is 1.81. The fourth-order valence-electron chi connectivity index (χ4n) is 1.51. The van der Waals surface area contributed by atoms with Crippen LogP contribution in [-0.2, 0) is 28.7 Å². The zero-order valence-corrected chi connectivity index (χ0v) is 14.8. The van der Waals surface area contributed by atoms with Crippen molar-refractivity contribution in [1.82, 2.24) is 21.3 Å². The molecule has 0 saturated carbocycles. The topological polar surface area (TPSA) is 135 Å². The molecule has 0 aliphatic carbocycles. The molecular weight excluding hydrogens is 332 g/mol. The Bertz CT molecular complexity index is 430. The molecule has 0 saturated heterocycles. The first-order valence-corrected chi connectivity index (χ1v) is 8.15. The number of nitrogens with one attached hydrogen (secondary N) is 4. The molecule has 0 fully saturated rings. The summed E-state index contributed by atoms with van der Waals surface area (Å²) in [7, 11) is 1.48. The number of amides is 4. The minimum Gasteiger partial charge on any atom is -0.362 e. The van der Waals surface area contributed by atoms with Gasteiger partial charge in [-0.15, -0.1) is 0 Å². The van der Waals surface area contributed by atoms with Gasteiger partial charge in [-0.2, -0.15) is 0 Å². The standard InChI is InChI=1S/C15H28N4O6/c1-3-5-17-13(21)9-25-11-15(23)19-7-4-6-18-14(22)10-24-8-12(20)16-2/h3-11H2,1-2H3,(H,16,20)(H,17,21)(H,18,22)(H,19,23). The summed E-state index contributed by atoms with van der Waals surface area (Å²) in [4.78, 5) is 44.9. The number of hydrogen-bond acceptors (Lipinski definition) is 6. The zero-order valence-electron chi connectivity index (χ0n) is 14.8. The molecule has 0 spiro atoms. The molecule has 10 nitrogen and oxygen atoms in total. The van der Waals surface area contributed by atoms with Gasteiger partial charge < -0.3 is 30.7 Å². The third-order valence-electron chi connectivity index (χ3n) is 2.78. The number of hydrogen-bond donors (Lipinski definition) is 4. The predicted octanol–water partition coefficient (Wildman–Crippen LogP) is -2.09. The number of ether oxygens (including phenoxy) is 2. The average Bonchev–Trinajstić information content (AvgIpc) is 2.59. The normalized spacial score (nSPS) is 10.0. The van der Waals surface area contributed by atoms with Crippen molar-refractivity contribution in [3.8, 4) is 0 Å². The highest BCUT2D eigenvalue weighted by molar-refractivity contribution is 5.80. The lowest BCUT2D eigenvalue weighted by atomic mass is 10.4. The molecule has 0 heterocycles. The molecule has 4 amide bonds. The summed E-state index contributed by atoms with van der Waals surface area (Å²) < 4.78 is 9.87. The number of carbonyl (C=O) groups excluding carboxylic acids is 4. The molecule has 0 aliphatic heterocycles. The Balaban J connectivity index is 3.49. The second-order valence-electron chi connectivity index (χ2n) is 5.06. The molecular formula is C15H28N4O6. The van der Waals surface area contributed by atoms with Gasteiger partial charge in [-0.05, 0) is 12.8 Å². The quantitative estimate of drug-likeness (QED) is 0.263. The van der Waals surface area contributed by atoms with Crippen LogP contribution in [-0.4, -0.2) is 76.7 Å². The van der Waals surface area contributed by atoms with Gasteiger partial charge in [0.1, 0.15) is 26.4 Å². The summed E-state index contributed by atoms with van der Waals surface area (Å²) in [5.74, 6) is -1.23. The van der Waals surface area contributed by atoms with Gasteiger partial charge in [0.05, 0.1) is 0 Å². The molecule has 0 aromatic rings. The predicted molar refractivity (Wildman–Crippen MR) is 89.6 cm³/mol. The fourth-order valence-corrected chi connectivity index (χ4v) is 1.51. The lowest BCUT2D eigenvalue weighted by Crippen LogP contribution is -2.35. The van der Waals surface area contributed by atoms with E-state index in [9.17, 15) is 19.2 Å². The Morgan fingerprint density at radius 3 is 1.48 bits per heavy atom. The van der Waals surface area contributed by atoms with E-state index < -0.39 is 0 Å². The molecule has 0 unspecified atom stereocenters. The van der Waals surface area contributed by atoms with Gasteiger partial charge in [0.2, 0.25) is 23.6 Å². The molecule has 0 aromatic heterocycles. The Kier molecular flexibility index (Phi) is 14.0. The highest BCUT2D eigenvalue weighted by Gasteiger charge is 2.05. The molecule has 0 atom stereocenters. The highest BCUT2D eigenvalue weighted by atomic mass is 16.5. The van der Waals surface area contributed by atoms with E-state index in [1.54, 1.807) is 0 Å². The van der Waals surface area contributed by atoms with Gasteiger partial charge in [-0.1, -0.05) is 6.92 Å². The molecule has 0 bridgehead atoms. The van der Waals surface area contributed by atoms with E-state index in [0.717, 1.165) is 6.42 Å². The summed E-state index contributed by atoms with van der Waals surface area (Å²) in [5.41, 5.74) is 0. The van der Waals surface area contributed by atoms with Crippen LogP contribution in [0.2, 0.25) is 0 Å². The van der Waals surface area contributed by atoms with Gasteiger partial charge in [0.15, 0.2) is 0 Å². The summed E-state index contributed by atoms with van der Waals surface area (Å²) in [5, 5.41) is 10.2. The molecule has 4 N–H and O–H groups in total. The molecule has 25 heavy (non-hydrogen) atoms. The van der Waals surface area contributed by atoms with Crippen LogP contribution in [0, 0.1) is 0 Å². The van der Waals surface area contributed by atoms with E-state index in [-0.39, 0.29) is 50.1 Å². The summed E-state index contributed by atoms with van der Waals surface area (Å²) >= 11 is 0. The van der Waals surface area contributed by atoms with Crippen LogP contribution in [0.1, 0.15) is 19.8 Å². The lowest BCUT2D eigenvalue weighted by Gasteiger charge is -2.08. The van der Waals surface area contributed by atoms with Crippen LogP contribution in [0.4, 0.5) is 0 Å². The lowest BCUT2D eigenvalue weighted by molar-refractivity contribution is -0.132. The van der Waals surface area contributed by atoms with Crippen molar-refractivity contribution in [2.45, 2.75) is 19.8 Å². The first-order chi connectivity index (χ1) is 12.0. The maximum Gasteiger partial charge on any atom is 0.246 e. The molecule has 0 radical (unpaired) electrons. The van der Waals surface area contributed by atoms with Crippen LogP contribution in [0.15, 0.2) is 0 Å². The summed E-state index contributed by atoms with van der Waals surface area (Å²) in [6.45, 7) is 2.53. The maximum atomic E-state index is 11.5. The molecule has 10 heteroatoms. The van der Waals surface area contributed by atoms with Crippen molar-refractivity contribution in [1.29, 1.82) is 0 Å². The van der Waals surface area contributed by atoms with Gasteiger partial charge in [-0.3, -0.25) is 19.2 Å². The number of rotatable bonds is 14. The van der Waals surface area contributed by atoms with E-state index in [4.69, 9.17) is 9.47 Å². The largest absolute Gasteiger partial charge is 0.362 e. The van der Waals surface area contributed by atoms with Crippen molar-refractivity contribution in [3.05, 3.63) is 0 Å². The van der Waals surface area contributed by atoms with Gasteiger partial charge >= 0.3 is 0 Å². The van der Waals surface area contributed by atoms with Gasteiger partial charge in [-0.25, -0.2) is 0 Å². The third-order valence-corrected chi connectivity index (χ3v) is 2.78. The van der Waals surface area contributed by atoms with E-state index in [2.05, 4.69) is 21.3 Å². The zero-order chi connectivity index (χ0) is 18.9. The minimum atomic E-state index is -0.336. The Morgan fingerprint density at radius 1 is 0.680 bits per heavy atom. The SMILES string of the molecule is CCCNC(=O)COCC(=O)NCCCNC(=O)COCC(=O)NC. The van der Waals surface area contributed by atoms with Crippen molar-refractivity contribution in [2.24, 2.45) is 0 Å². The second kappa shape index (κ2) is 15.3. The van der Waals surface area contributed by atoms with Crippen LogP contribution in [0.5, 0.6) is 0 Å². The van der Waals surface area contributed by atoms with Gasteiger partial charge in [0.25, 0.3) is 0 Å². The van der Waals surface area contributed by atoms with Crippen LogP contribution in [0.3, 0.4) is 0 Å². The maximum absolute atomic E-state index is 11.5. The first kappa shape index (κ1) is 22.8. The van der Waals surface area contributed by atoms with Crippen LogP contribution < -0.4 is 21.3 Å². The molecule has 0 aromatic carbocycles. The van der Waals surface area contributed by atoms with E-state index in [1.807, 2.05) is 6.92 Å². The number of likely N-dealkylation sites (N-methyl/N-ethyl adjacent to an activating group) is 1. The summed E-state index contributed by atoms with van der Waals surface area (Å²) in [6, 6.07) is 0. The molecule has 0 aliphatic rings. The fraction of sp³-hybridized carbons (Fsp3) is 0.733.